The number of methoxy groups -OCH3 is 1. The highest BCUT2D eigenvalue weighted by Gasteiger charge is 2.29. The molecule has 0 fully saturated rings. The highest BCUT2D eigenvalue weighted by molar-refractivity contribution is 7.89. The molecule has 1 heterocycles. The number of hydrogen-bond acceptors (Lipinski definition) is 5. The Kier molecular flexibility index (Phi) is 6.52. The Balaban J connectivity index is 2.09. The number of rotatable bonds is 8. The second kappa shape index (κ2) is 9.11. The lowest BCUT2D eigenvalue weighted by Gasteiger charge is -2.20. The highest BCUT2D eigenvalue weighted by atomic mass is 32.2. The average Bonchev–Trinajstić information content (AvgIpc) is 3.16. The van der Waals surface area contributed by atoms with Crippen LogP contribution in [0.1, 0.15) is 23.0 Å². The molecule has 0 amide bonds. The van der Waals surface area contributed by atoms with Gasteiger partial charge in [0, 0.05) is 31.1 Å². The number of sulfonamides is 1. The van der Waals surface area contributed by atoms with Gasteiger partial charge < -0.3 is 14.4 Å². The molecule has 0 saturated heterocycles. The summed E-state index contributed by atoms with van der Waals surface area (Å²) < 4.78 is 50.5. The van der Waals surface area contributed by atoms with E-state index in [2.05, 4.69) is 9.71 Å². The highest BCUT2D eigenvalue weighted by Crippen LogP contribution is 2.30. The number of carbonyl (C=O) groups is 1. The van der Waals surface area contributed by atoms with E-state index in [4.69, 9.17) is 9.84 Å². The molecule has 0 radical (unpaired) electrons. The molecule has 0 aliphatic carbocycles. The van der Waals surface area contributed by atoms with Crippen LogP contribution in [0.2, 0.25) is 0 Å². The van der Waals surface area contributed by atoms with Crippen molar-refractivity contribution in [2.24, 2.45) is 7.05 Å². The first-order valence-corrected chi connectivity index (χ1v) is 10.5. The summed E-state index contributed by atoms with van der Waals surface area (Å²) in [5.74, 6) is -1.43. The third kappa shape index (κ3) is 4.98. The first kappa shape index (κ1) is 22.2. The van der Waals surface area contributed by atoms with Gasteiger partial charge in [0.1, 0.15) is 28.3 Å². The minimum Gasteiger partial charge on any atom is -0.495 e. The number of aromatic nitrogens is 2. The van der Waals surface area contributed by atoms with E-state index < -0.39 is 27.9 Å². The normalized spacial score (nSPS) is 12.7. The number of nitrogens with zero attached hydrogens (tertiary/aromatic N) is 2. The number of halogens is 1. The van der Waals surface area contributed by atoms with Crippen LogP contribution in [0.4, 0.5) is 4.39 Å². The van der Waals surface area contributed by atoms with Gasteiger partial charge in [-0.2, -0.15) is 4.72 Å². The lowest BCUT2D eigenvalue weighted by molar-refractivity contribution is -0.131. The summed E-state index contributed by atoms with van der Waals surface area (Å²) in [6.45, 7) is 0. The van der Waals surface area contributed by atoms with E-state index in [1.54, 1.807) is 23.9 Å². The van der Waals surface area contributed by atoms with Crippen LogP contribution < -0.4 is 9.46 Å². The molecule has 0 aliphatic rings. The maximum atomic E-state index is 14.6. The number of hydrogen-bond donors (Lipinski definition) is 2. The predicted octanol–water partition coefficient (Wildman–Crippen LogP) is 2.73. The molecule has 162 valence electrons. The number of imidazole rings is 1. The van der Waals surface area contributed by atoms with Gasteiger partial charge in [-0.1, -0.05) is 24.3 Å². The van der Waals surface area contributed by atoms with Crippen LogP contribution in [0.15, 0.2) is 65.8 Å². The largest absolute Gasteiger partial charge is 0.495 e. The van der Waals surface area contributed by atoms with Crippen LogP contribution >= 0.6 is 0 Å². The molecule has 1 unspecified atom stereocenters. The molecular formula is C21H20FN3O5S. The molecule has 0 saturated carbocycles. The SMILES string of the molecule is COc1ccc(/C=C/C(=O)O)cc1S(=O)(=O)NC(c1ccccc1F)c1nccn1C. The Morgan fingerprint density at radius 2 is 2.03 bits per heavy atom. The maximum absolute atomic E-state index is 14.6. The lowest BCUT2D eigenvalue weighted by Crippen LogP contribution is -2.32. The number of nitrogens with one attached hydrogen (secondary N) is 1. The van der Waals surface area contributed by atoms with Gasteiger partial charge >= 0.3 is 5.97 Å². The standard InChI is InChI=1S/C21H20FN3O5S/c1-25-12-11-23-21(25)20(15-5-3-4-6-16(15)22)24-31(28,29)18-13-14(8-10-19(26)27)7-9-17(18)30-2/h3-13,20,24H,1-2H3,(H,26,27)/b10-8+. The molecule has 2 aromatic carbocycles. The van der Waals surface area contributed by atoms with E-state index in [-0.39, 0.29) is 22.0 Å². The molecule has 2 N–H and O–H groups in total. The van der Waals surface area contributed by atoms with Crippen LogP contribution in [-0.2, 0) is 21.9 Å². The summed E-state index contributed by atoms with van der Waals surface area (Å²) in [7, 11) is -1.26. The molecule has 0 bridgehead atoms. The Morgan fingerprint density at radius 1 is 1.29 bits per heavy atom. The van der Waals surface area contributed by atoms with Crippen molar-refractivity contribution in [1.82, 2.24) is 14.3 Å². The molecule has 3 rings (SSSR count). The molecule has 3 aromatic rings. The maximum Gasteiger partial charge on any atom is 0.328 e. The summed E-state index contributed by atoms with van der Waals surface area (Å²) in [5.41, 5.74) is 0.435. The molecule has 31 heavy (non-hydrogen) atoms. The minimum absolute atomic E-state index is 0.0482. The number of carboxylic acid groups (broad SMARTS) is 1. The molecule has 1 atom stereocenters. The van der Waals surface area contributed by atoms with Crippen LogP contribution in [0.3, 0.4) is 0 Å². The van der Waals surface area contributed by atoms with E-state index >= 15 is 0 Å². The van der Waals surface area contributed by atoms with E-state index in [1.807, 2.05) is 0 Å². The zero-order valence-corrected chi connectivity index (χ0v) is 17.5. The van der Waals surface area contributed by atoms with Crippen molar-refractivity contribution in [2.75, 3.05) is 7.11 Å². The van der Waals surface area contributed by atoms with Crippen molar-refractivity contribution in [3.63, 3.8) is 0 Å². The topological polar surface area (TPSA) is 111 Å². The zero-order chi connectivity index (χ0) is 22.6. The van der Waals surface area contributed by atoms with Crippen molar-refractivity contribution in [1.29, 1.82) is 0 Å². The van der Waals surface area contributed by atoms with Gasteiger partial charge in [0.25, 0.3) is 0 Å². The monoisotopic (exact) mass is 445 g/mol. The molecule has 0 aliphatic heterocycles. The molecule has 8 nitrogen and oxygen atoms in total. The summed E-state index contributed by atoms with van der Waals surface area (Å²) in [5, 5.41) is 8.82. The third-order valence-electron chi connectivity index (χ3n) is 4.50. The summed E-state index contributed by atoms with van der Waals surface area (Å²) in [4.78, 5) is 14.7. The fourth-order valence-electron chi connectivity index (χ4n) is 3.01. The van der Waals surface area contributed by atoms with Crippen molar-refractivity contribution in [2.45, 2.75) is 10.9 Å². The van der Waals surface area contributed by atoms with Gasteiger partial charge in [-0.3, -0.25) is 0 Å². The van der Waals surface area contributed by atoms with Crippen molar-refractivity contribution < 1.29 is 27.4 Å². The number of carboxylic acids is 1. The van der Waals surface area contributed by atoms with Crippen LogP contribution in [0.25, 0.3) is 6.08 Å². The fourth-order valence-corrected chi connectivity index (χ4v) is 4.39. The van der Waals surface area contributed by atoms with E-state index in [0.717, 1.165) is 6.08 Å². The Labute approximate surface area is 178 Å². The molecule has 0 spiro atoms. The van der Waals surface area contributed by atoms with Gasteiger partial charge in [-0.25, -0.2) is 22.6 Å². The molecular weight excluding hydrogens is 425 g/mol. The first-order valence-electron chi connectivity index (χ1n) is 9.06. The van der Waals surface area contributed by atoms with Crippen molar-refractivity contribution >= 4 is 22.1 Å². The van der Waals surface area contributed by atoms with Gasteiger partial charge in [0.05, 0.1) is 7.11 Å². The Bertz CT molecular complexity index is 1240. The second-order valence-electron chi connectivity index (χ2n) is 6.55. The first-order chi connectivity index (χ1) is 14.7. The molecule has 10 heteroatoms. The molecule has 1 aromatic heterocycles. The summed E-state index contributed by atoms with van der Waals surface area (Å²) >= 11 is 0. The minimum atomic E-state index is -4.25. The van der Waals surface area contributed by atoms with Crippen LogP contribution in [-0.4, -0.2) is 36.2 Å². The fraction of sp³-hybridized carbons (Fsp3) is 0.143. The lowest BCUT2D eigenvalue weighted by atomic mass is 10.1. The van der Waals surface area contributed by atoms with Gasteiger partial charge in [0.2, 0.25) is 10.0 Å². The smallest absolute Gasteiger partial charge is 0.328 e. The van der Waals surface area contributed by atoms with Crippen LogP contribution in [0.5, 0.6) is 5.75 Å². The van der Waals surface area contributed by atoms with Crippen molar-refractivity contribution in [3.8, 4) is 5.75 Å². The van der Waals surface area contributed by atoms with E-state index in [9.17, 15) is 17.6 Å². The van der Waals surface area contributed by atoms with Gasteiger partial charge in [0.15, 0.2) is 0 Å². The number of aryl methyl sites for hydroxylation is 1. The van der Waals surface area contributed by atoms with Crippen LogP contribution in [0, 0.1) is 5.82 Å². The predicted molar refractivity (Wildman–Crippen MR) is 111 cm³/mol. The Hall–Kier alpha value is -3.50. The van der Waals surface area contributed by atoms with E-state index in [0.29, 0.717) is 5.56 Å². The van der Waals surface area contributed by atoms with Gasteiger partial charge in [-0.05, 0) is 29.8 Å². The van der Waals surface area contributed by atoms with Crippen molar-refractivity contribution in [3.05, 3.63) is 83.7 Å². The Morgan fingerprint density at radius 3 is 2.65 bits per heavy atom. The number of aliphatic carboxylic acids is 1. The average molecular weight is 445 g/mol. The summed E-state index contributed by atoms with van der Waals surface area (Å²) in [6.07, 6.45) is 5.25. The zero-order valence-electron chi connectivity index (χ0n) is 16.7. The second-order valence-corrected chi connectivity index (χ2v) is 8.24. The third-order valence-corrected chi connectivity index (χ3v) is 5.95. The van der Waals surface area contributed by atoms with Gasteiger partial charge in [-0.15, -0.1) is 0 Å². The quantitative estimate of drug-likeness (QED) is 0.516. The summed E-state index contributed by atoms with van der Waals surface area (Å²) in [6, 6.07) is 8.90. The number of benzene rings is 2. The number of ether oxygens (including phenoxy) is 1. The van der Waals surface area contributed by atoms with E-state index in [1.165, 1.54) is 55.8 Å².